The number of aromatic nitrogens is 2. The number of halogens is 1. The lowest BCUT2D eigenvalue weighted by Gasteiger charge is -2.30. The lowest BCUT2D eigenvalue weighted by Crippen LogP contribution is -2.53. The normalized spacial score (nSPS) is 12.2. The standard InChI is InChI=1S/C25H28FN5O3/c1-25(2,3)22(24(34)28-12-5-13-32)29-23(33)20-18-6-4-7-19(26)21(18)31(30-20)15-17-10-8-16(14-27)9-11-17/h4,6-11,22,32H,5,12-13,15H2,1-3H3,(H,28,34)(H,29,33)/t22-/m1/s1. The number of hydrogen-bond donors (Lipinski definition) is 3. The maximum Gasteiger partial charge on any atom is 0.273 e. The van der Waals surface area contributed by atoms with Crippen LogP contribution in [0.3, 0.4) is 0 Å². The molecule has 2 aromatic carbocycles. The first-order valence-corrected chi connectivity index (χ1v) is 11.0. The number of para-hydroxylation sites is 1. The van der Waals surface area contributed by atoms with Crippen molar-refractivity contribution in [3.05, 3.63) is 65.1 Å². The molecule has 0 aliphatic carbocycles. The first kappa shape index (κ1) is 24.9. The Kier molecular flexibility index (Phi) is 7.64. The number of fused-ring (bicyclic) bond motifs is 1. The van der Waals surface area contributed by atoms with Gasteiger partial charge in [-0.3, -0.25) is 14.3 Å². The van der Waals surface area contributed by atoms with Gasteiger partial charge in [0.15, 0.2) is 5.69 Å². The van der Waals surface area contributed by atoms with Gasteiger partial charge in [0.1, 0.15) is 17.4 Å². The van der Waals surface area contributed by atoms with Crippen LogP contribution < -0.4 is 10.6 Å². The third-order valence-corrected chi connectivity index (χ3v) is 5.39. The summed E-state index contributed by atoms with van der Waals surface area (Å²) in [5.41, 5.74) is 0.878. The minimum Gasteiger partial charge on any atom is -0.396 e. The van der Waals surface area contributed by atoms with E-state index in [0.717, 1.165) is 5.56 Å². The zero-order valence-electron chi connectivity index (χ0n) is 19.4. The Balaban J connectivity index is 1.93. The Morgan fingerprint density at radius 1 is 1.21 bits per heavy atom. The van der Waals surface area contributed by atoms with Crippen molar-refractivity contribution in [3.63, 3.8) is 0 Å². The number of carbonyl (C=O) groups excluding carboxylic acids is 2. The fourth-order valence-electron chi connectivity index (χ4n) is 3.60. The van der Waals surface area contributed by atoms with E-state index in [2.05, 4.69) is 21.8 Å². The monoisotopic (exact) mass is 465 g/mol. The van der Waals surface area contributed by atoms with Crippen LogP contribution in [0.2, 0.25) is 0 Å². The minimum atomic E-state index is -0.869. The molecule has 0 spiro atoms. The van der Waals surface area contributed by atoms with Crippen molar-refractivity contribution in [1.29, 1.82) is 5.26 Å². The summed E-state index contributed by atoms with van der Waals surface area (Å²) >= 11 is 0. The molecule has 0 radical (unpaired) electrons. The molecule has 0 bridgehead atoms. The van der Waals surface area contributed by atoms with Crippen LogP contribution in [0.15, 0.2) is 42.5 Å². The number of nitriles is 1. The van der Waals surface area contributed by atoms with Crippen LogP contribution in [0.4, 0.5) is 4.39 Å². The molecule has 2 amide bonds. The molecule has 0 aliphatic rings. The van der Waals surface area contributed by atoms with Crippen LogP contribution >= 0.6 is 0 Å². The third kappa shape index (κ3) is 5.58. The van der Waals surface area contributed by atoms with E-state index < -0.39 is 23.2 Å². The fraction of sp³-hybridized carbons (Fsp3) is 0.360. The average Bonchev–Trinajstić information content (AvgIpc) is 3.17. The van der Waals surface area contributed by atoms with Crippen molar-refractivity contribution < 1.29 is 19.1 Å². The molecule has 9 heteroatoms. The van der Waals surface area contributed by atoms with Gasteiger partial charge < -0.3 is 15.7 Å². The number of carbonyl (C=O) groups is 2. The Labute approximate surface area is 197 Å². The first-order chi connectivity index (χ1) is 16.2. The van der Waals surface area contributed by atoms with Gasteiger partial charge in [-0.1, -0.05) is 45.0 Å². The van der Waals surface area contributed by atoms with E-state index >= 15 is 0 Å². The van der Waals surface area contributed by atoms with Gasteiger partial charge >= 0.3 is 0 Å². The Morgan fingerprint density at radius 2 is 1.91 bits per heavy atom. The van der Waals surface area contributed by atoms with E-state index in [1.54, 1.807) is 30.3 Å². The number of aliphatic hydroxyl groups is 1. The highest BCUT2D eigenvalue weighted by atomic mass is 19.1. The van der Waals surface area contributed by atoms with E-state index in [4.69, 9.17) is 10.4 Å². The molecular weight excluding hydrogens is 437 g/mol. The lowest BCUT2D eigenvalue weighted by atomic mass is 9.86. The number of rotatable bonds is 8. The average molecular weight is 466 g/mol. The summed E-state index contributed by atoms with van der Waals surface area (Å²) in [5.74, 6) is -1.49. The van der Waals surface area contributed by atoms with Crippen molar-refractivity contribution >= 4 is 22.7 Å². The van der Waals surface area contributed by atoms with Gasteiger partial charge in [0, 0.05) is 18.5 Å². The van der Waals surface area contributed by atoms with Crippen LogP contribution in [0.5, 0.6) is 0 Å². The zero-order chi connectivity index (χ0) is 24.9. The van der Waals surface area contributed by atoms with E-state index in [0.29, 0.717) is 17.4 Å². The van der Waals surface area contributed by atoms with Crippen LogP contribution in [-0.4, -0.2) is 45.9 Å². The molecule has 1 heterocycles. The van der Waals surface area contributed by atoms with Crippen molar-refractivity contribution in [1.82, 2.24) is 20.4 Å². The number of amides is 2. The maximum atomic E-state index is 14.8. The number of aliphatic hydroxyl groups excluding tert-OH is 1. The molecule has 0 unspecified atom stereocenters. The molecule has 1 atom stereocenters. The topological polar surface area (TPSA) is 120 Å². The Bertz CT molecular complexity index is 1220. The molecule has 0 aliphatic heterocycles. The van der Waals surface area contributed by atoms with Gasteiger partial charge in [-0.05, 0) is 35.6 Å². The molecule has 34 heavy (non-hydrogen) atoms. The van der Waals surface area contributed by atoms with Crippen molar-refractivity contribution in [2.24, 2.45) is 5.41 Å². The summed E-state index contributed by atoms with van der Waals surface area (Å²) in [7, 11) is 0. The second kappa shape index (κ2) is 10.4. The zero-order valence-corrected chi connectivity index (χ0v) is 19.4. The van der Waals surface area contributed by atoms with Crippen LogP contribution in [0.25, 0.3) is 10.9 Å². The largest absolute Gasteiger partial charge is 0.396 e. The van der Waals surface area contributed by atoms with Gasteiger partial charge in [0.2, 0.25) is 5.91 Å². The highest BCUT2D eigenvalue weighted by Crippen LogP contribution is 2.25. The van der Waals surface area contributed by atoms with Crippen molar-refractivity contribution in [3.8, 4) is 6.07 Å². The molecule has 0 saturated carbocycles. The van der Waals surface area contributed by atoms with Gasteiger partial charge in [0.25, 0.3) is 5.91 Å². The second-order valence-corrected chi connectivity index (χ2v) is 9.09. The summed E-state index contributed by atoms with van der Waals surface area (Å²) < 4.78 is 16.2. The molecule has 1 aromatic heterocycles. The number of hydrogen-bond acceptors (Lipinski definition) is 5. The van der Waals surface area contributed by atoms with Crippen molar-refractivity contribution in [2.45, 2.75) is 39.8 Å². The Morgan fingerprint density at radius 3 is 2.53 bits per heavy atom. The van der Waals surface area contributed by atoms with Crippen LogP contribution in [0, 0.1) is 22.6 Å². The quantitative estimate of drug-likeness (QED) is 0.442. The maximum absolute atomic E-state index is 14.8. The van der Waals surface area contributed by atoms with E-state index in [1.807, 2.05) is 20.8 Å². The third-order valence-electron chi connectivity index (χ3n) is 5.39. The molecule has 8 nitrogen and oxygen atoms in total. The predicted molar refractivity (Wildman–Crippen MR) is 125 cm³/mol. The molecule has 0 saturated heterocycles. The number of nitrogens with one attached hydrogen (secondary N) is 2. The summed E-state index contributed by atoms with van der Waals surface area (Å²) in [5, 5.41) is 28.1. The van der Waals surface area contributed by atoms with E-state index in [-0.39, 0.29) is 36.8 Å². The summed E-state index contributed by atoms with van der Waals surface area (Å²) in [6, 6.07) is 12.4. The molecular formula is C25H28FN5O3. The number of benzene rings is 2. The summed E-state index contributed by atoms with van der Waals surface area (Å²) in [6.45, 7) is 5.90. The highest BCUT2D eigenvalue weighted by Gasteiger charge is 2.34. The molecule has 3 rings (SSSR count). The fourth-order valence-corrected chi connectivity index (χ4v) is 3.60. The first-order valence-electron chi connectivity index (χ1n) is 11.0. The predicted octanol–water partition coefficient (Wildman–Crippen LogP) is 2.74. The van der Waals surface area contributed by atoms with Gasteiger partial charge in [0.05, 0.1) is 18.2 Å². The SMILES string of the molecule is CC(C)(C)[C@H](NC(=O)c1nn(Cc2ccc(C#N)cc2)c2c(F)cccc12)C(=O)NCCCO. The van der Waals surface area contributed by atoms with Crippen LogP contribution in [-0.2, 0) is 11.3 Å². The van der Waals surface area contributed by atoms with E-state index in [9.17, 15) is 14.0 Å². The van der Waals surface area contributed by atoms with Crippen LogP contribution in [0.1, 0.15) is 48.8 Å². The minimum absolute atomic E-state index is 0.0144. The van der Waals surface area contributed by atoms with Gasteiger partial charge in [-0.15, -0.1) is 0 Å². The van der Waals surface area contributed by atoms with Gasteiger partial charge in [-0.25, -0.2) is 4.39 Å². The van der Waals surface area contributed by atoms with Crippen molar-refractivity contribution in [2.75, 3.05) is 13.2 Å². The summed E-state index contributed by atoms with van der Waals surface area (Å²) in [6.07, 6.45) is 0.403. The number of nitrogens with zero attached hydrogens (tertiary/aromatic N) is 3. The Hall–Kier alpha value is -3.77. The molecule has 3 aromatic rings. The lowest BCUT2D eigenvalue weighted by molar-refractivity contribution is -0.125. The smallest absolute Gasteiger partial charge is 0.273 e. The summed E-state index contributed by atoms with van der Waals surface area (Å²) in [4.78, 5) is 26.0. The van der Waals surface area contributed by atoms with Gasteiger partial charge in [-0.2, -0.15) is 10.4 Å². The molecule has 0 fully saturated rings. The molecule has 178 valence electrons. The van der Waals surface area contributed by atoms with E-state index in [1.165, 1.54) is 16.8 Å². The molecule has 3 N–H and O–H groups in total. The highest BCUT2D eigenvalue weighted by molar-refractivity contribution is 6.06. The second-order valence-electron chi connectivity index (χ2n) is 9.09.